The normalized spacial score (nSPS) is 18.0. The van der Waals surface area contributed by atoms with Gasteiger partial charge in [-0.2, -0.15) is 0 Å². The van der Waals surface area contributed by atoms with Crippen LogP contribution >= 0.6 is 15.9 Å². The van der Waals surface area contributed by atoms with Crippen LogP contribution in [0.25, 0.3) is 0 Å². The molecule has 0 radical (unpaired) electrons. The molecule has 0 heterocycles. The summed E-state index contributed by atoms with van der Waals surface area (Å²) in [5.74, 6) is -0.918. The summed E-state index contributed by atoms with van der Waals surface area (Å²) in [4.78, 5) is 11.3. The molecule has 4 nitrogen and oxygen atoms in total. The number of hydrogen-bond donors (Lipinski definition) is 0. The van der Waals surface area contributed by atoms with Crippen molar-refractivity contribution in [1.29, 1.82) is 0 Å². The van der Waals surface area contributed by atoms with E-state index in [2.05, 4.69) is 15.9 Å². The van der Waals surface area contributed by atoms with Crippen LogP contribution in [-0.4, -0.2) is 26.8 Å². The van der Waals surface area contributed by atoms with Crippen LogP contribution in [-0.2, 0) is 19.9 Å². The fourth-order valence-electron chi connectivity index (χ4n) is 3.36. The third-order valence-electron chi connectivity index (χ3n) is 4.62. The molecule has 1 unspecified atom stereocenters. The van der Waals surface area contributed by atoms with Gasteiger partial charge in [0.15, 0.2) is 11.6 Å². The highest BCUT2D eigenvalue weighted by molar-refractivity contribution is 9.09. The van der Waals surface area contributed by atoms with E-state index in [1.807, 2.05) is 0 Å². The highest BCUT2D eigenvalue weighted by Gasteiger charge is 2.36. The molecule has 0 aliphatic heterocycles. The molecule has 0 bridgehead atoms. The maximum absolute atomic E-state index is 14.6. The molecule has 2 rings (SSSR count). The maximum Gasteiger partial charge on any atom is 0.324 e. The number of esters is 1. The Morgan fingerprint density at radius 1 is 1.29 bits per heavy atom. The van der Waals surface area contributed by atoms with Gasteiger partial charge in [0.05, 0.1) is 19.3 Å². The van der Waals surface area contributed by atoms with Crippen LogP contribution < -0.4 is 4.74 Å². The van der Waals surface area contributed by atoms with E-state index in [4.69, 9.17) is 14.2 Å². The van der Waals surface area contributed by atoms with Gasteiger partial charge in [-0.1, -0.05) is 35.2 Å². The van der Waals surface area contributed by atoms with Crippen LogP contribution in [0.4, 0.5) is 4.39 Å². The summed E-state index contributed by atoms with van der Waals surface area (Å²) in [6.45, 7) is 1.99. The van der Waals surface area contributed by atoms with Crippen LogP contribution in [0.15, 0.2) is 12.1 Å². The number of ether oxygens (including phenoxy) is 3. The van der Waals surface area contributed by atoms with E-state index in [1.165, 1.54) is 13.2 Å². The van der Waals surface area contributed by atoms with Crippen molar-refractivity contribution in [3.05, 3.63) is 29.1 Å². The zero-order chi connectivity index (χ0) is 17.7. The Morgan fingerprint density at radius 2 is 1.96 bits per heavy atom. The number of halogens is 2. The van der Waals surface area contributed by atoms with Gasteiger partial charge >= 0.3 is 5.97 Å². The number of carbonyl (C=O) groups is 1. The average molecular weight is 403 g/mol. The molecule has 1 fully saturated rings. The van der Waals surface area contributed by atoms with Crippen LogP contribution in [0.3, 0.4) is 0 Å². The zero-order valence-corrected chi connectivity index (χ0v) is 15.9. The largest absolute Gasteiger partial charge is 0.493 e. The maximum atomic E-state index is 14.6. The van der Waals surface area contributed by atoms with Gasteiger partial charge in [-0.15, -0.1) is 0 Å². The standard InChI is InChI=1S/C18H24BrFO4/c1-4-24-17(21)15(19)13-10-12(11-14(20)16(13)22-2)18(23-3)8-6-5-7-9-18/h10-11,15H,4-9H2,1-3H3. The molecule has 0 N–H and O–H groups in total. The van der Waals surface area contributed by atoms with Gasteiger partial charge in [-0.05, 0) is 37.5 Å². The lowest BCUT2D eigenvalue weighted by Crippen LogP contribution is -2.31. The molecule has 0 aromatic heterocycles. The van der Waals surface area contributed by atoms with Gasteiger partial charge in [0, 0.05) is 12.7 Å². The first-order chi connectivity index (χ1) is 11.5. The lowest BCUT2D eigenvalue weighted by molar-refractivity contribution is -0.142. The first kappa shape index (κ1) is 19.2. The third kappa shape index (κ3) is 3.75. The Morgan fingerprint density at radius 3 is 2.50 bits per heavy atom. The molecule has 134 valence electrons. The summed E-state index contributed by atoms with van der Waals surface area (Å²) < 4.78 is 30.6. The van der Waals surface area contributed by atoms with Gasteiger partial charge in [0.1, 0.15) is 4.83 Å². The molecule has 0 amide bonds. The second kappa shape index (κ2) is 8.30. The van der Waals surface area contributed by atoms with E-state index >= 15 is 0 Å². The van der Waals surface area contributed by atoms with E-state index in [0.29, 0.717) is 5.56 Å². The number of rotatable bonds is 6. The first-order valence-corrected chi connectivity index (χ1v) is 9.14. The molecule has 1 aromatic rings. The van der Waals surface area contributed by atoms with Crippen molar-refractivity contribution in [3.63, 3.8) is 0 Å². The smallest absolute Gasteiger partial charge is 0.324 e. The zero-order valence-electron chi connectivity index (χ0n) is 14.4. The number of benzene rings is 1. The Balaban J connectivity index is 2.50. The van der Waals surface area contributed by atoms with E-state index < -0.39 is 22.2 Å². The molecule has 0 saturated heterocycles. The summed E-state index contributed by atoms with van der Waals surface area (Å²) in [5.41, 5.74) is 0.654. The predicted octanol–water partition coefficient (Wildman–Crippen LogP) is 4.64. The molecule has 24 heavy (non-hydrogen) atoms. The highest BCUT2D eigenvalue weighted by atomic mass is 79.9. The van der Waals surface area contributed by atoms with Crippen molar-refractivity contribution in [2.45, 2.75) is 49.5 Å². The monoisotopic (exact) mass is 402 g/mol. The summed E-state index contributed by atoms with van der Waals surface area (Å²) >= 11 is 3.31. The predicted molar refractivity (Wildman–Crippen MR) is 93.0 cm³/mol. The molecule has 1 aliphatic carbocycles. The average Bonchev–Trinajstić information content (AvgIpc) is 2.61. The lowest BCUT2D eigenvalue weighted by atomic mass is 9.78. The Bertz CT molecular complexity index is 585. The van der Waals surface area contributed by atoms with Crippen molar-refractivity contribution in [2.75, 3.05) is 20.8 Å². The minimum absolute atomic E-state index is 0.0516. The number of methoxy groups -OCH3 is 2. The first-order valence-electron chi connectivity index (χ1n) is 8.23. The summed E-state index contributed by atoms with van der Waals surface area (Å²) in [7, 11) is 3.04. The topological polar surface area (TPSA) is 44.8 Å². The van der Waals surface area contributed by atoms with Crippen LogP contribution in [0.1, 0.15) is 55.0 Å². The SMILES string of the molecule is CCOC(=O)C(Br)c1cc(C2(OC)CCCCC2)cc(F)c1OC. The van der Waals surface area contributed by atoms with Gasteiger partial charge in [-0.3, -0.25) is 4.79 Å². The van der Waals surface area contributed by atoms with E-state index in [1.54, 1.807) is 20.1 Å². The molecule has 1 aromatic carbocycles. The highest BCUT2D eigenvalue weighted by Crippen LogP contribution is 2.44. The van der Waals surface area contributed by atoms with Crippen molar-refractivity contribution in [1.82, 2.24) is 0 Å². The van der Waals surface area contributed by atoms with Crippen LogP contribution in [0, 0.1) is 5.82 Å². The number of carbonyl (C=O) groups excluding carboxylic acids is 1. The fraction of sp³-hybridized carbons (Fsp3) is 0.611. The van der Waals surface area contributed by atoms with E-state index in [9.17, 15) is 9.18 Å². The number of hydrogen-bond acceptors (Lipinski definition) is 4. The van der Waals surface area contributed by atoms with Gasteiger partial charge in [0.2, 0.25) is 0 Å². The minimum Gasteiger partial charge on any atom is -0.493 e. The number of alkyl halides is 1. The quantitative estimate of drug-likeness (QED) is 0.513. The molecule has 1 aliphatic rings. The fourth-order valence-corrected chi connectivity index (χ4v) is 3.83. The van der Waals surface area contributed by atoms with Gasteiger partial charge in [-0.25, -0.2) is 4.39 Å². The van der Waals surface area contributed by atoms with Crippen molar-refractivity contribution in [2.24, 2.45) is 0 Å². The van der Waals surface area contributed by atoms with E-state index in [-0.39, 0.29) is 12.4 Å². The summed E-state index contributed by atoms with van der Waals surface area (Å²) in [6.07, 6.45) is 4.89. The molecular formula is C18H24BrFO4. The minimum atomic E-state index is -0.792. The Hall–Kier alpha value is -1.14. The van der Waals surface area contributed by atoms with Crippen molar-refractivity contribution >= 4 is 21.9 Å². The van der Waals surface area contributed by atoms with Gasteiger partial charge in [0.25, 0.3) is 0 Å². The third-order valence-corrected chi connectivity index (χ3v) is 5.49. The van der Waals surface area contributed by atoms with Crippen molar-refractivity contribution < 1.29 is 23.4 Å². The van der Waals surface area contributed by atoms with Crippen LogP contribution in [0.5, 0.6) is 5.75 Å². The Kier molecular flexibility index (Phi) is 6.63. The lowest BCUT2D eigenvalue weighted by Gasteiger charge is -2.37. The molecule has 1 saturated carbocycles. The second-order valence-corrected chi connectivity index (χ2v) is 6.87. The Labute approximate surface area is 150 Å². The second-order valence-electron chi connectivity index (χ2n) is 5.95. The molecule has 6 heteroatoms. The van der Waals surface area contributed by atoms with E-state index in [0.717, 1.165) is 37.7 Å². The van der Waals surface area contributed by atoms with Crippen molar-refractivity contribution in [3.8, 4) is 5.75 Å². The molecule has 0 spiro atoms. The summed E-state index contributed by atoms with van der Waals surface area (Å²) in [6, 6.07) is 3.26. The molecule has 1 atom stereocenters. The summed E-state index contributed by atoms with van der Waals surface area (Å²) in [5, 5.41) is 0. The molecular weight excluding hydrogens is 379 g/mol. The van der Waals surface area contributed by atoms with Crippen LogP contribution in [0.2, 0.25) is 0 Å². The van der Waals surface area contributed by atoms with Gasteiger partial charge < -0.3 is 14.2 Å².